The number of hydrogen-bond donors (Lipinski definition) is 1. The highest BCUT2D eigenvalue weighted by Gasteiger charge is 2.36. The van der Waals surface area contributed by atoms with Crippen LogP contribution in [0.1, 0.15) is 44.9 Å². The van der Waals surface area contributed by atoms with Crippen molar-refractivity contribution in [1.82, 2.24) is 4.98 Å². The first-order valence-corrected chi connectivity index (χ1v) is 7.75. The Morgan fingerprint density at radius 2 is 1.81 bits per heavy atom. The fourth-order valence-corrected chi connectivity index (χ4v) is 3.80. The molecule has 2 N–H and O–H groups in total. The molecule has 0 unspecified atom stereocenters. The van der Waals surface area contributed by atoms with E-state index in [1.807, 2.05) is 0 Å². The van der Waals surface area contributed by atoms with E-state index in [1.165, 1.54) is 44.2 Å². The Morgan fingerprint density at radius 3 is 2.43 bits per heavy atom. The topological polar surface area (TPSA) is 85.3 Å². The first kappa shape index (κ1) is 14.1. The largest absolute Gasteiger partial charge is 0.383 e. The maximum Gasteiger partial charge on any atom is 0.276 e. The van der Waals surface area contributed by atoms with Crippen molar-refractivity contribution in [2.24, 2.45) is 5.41 Å². The molecular weight excluding hydrogens is 268 g/mol. The molecule has 21 heavy (non-hydrogen) atoms. The highest BCUT2D eigenvalue weighted by molar-refractivity contribution is 5.54. The van der Waals surface area contributed by atoms with E-state index in [9.17, 15) is 10.1 Å². The average Bonchev–Trinajstić information content (AvgIpc) is 2.48. The highest BCUT2D eigenvalue weighted by Crippen LogP contribution is 2.45. The predicted octanol–water partition coefficient (Wildman–Crippen LogP) is 3.12. The summed E-state index contributed by atoms with van der Waals surface area (Å²) in [6.07, 6.45) is 9.07. The zero-order chi connectivity index (χ0) is 14.9. The Hall–Kier alpha value is -1.85. The molecule has 1 aromatic rings. The second kappa shape index (κ2) is 5.50. The average molecular weight is 290 g/mol. The summed E-state index contributed by atoms with van der Waals surface area (Å²) >= 11 is 0. The number of aromatic nitrogens is 1. The lowest BCUT2D eigenvalue weighted by Crippen LogP contribution is -2.41. The van der Waals surface area contributed by atoms with Gasteiger partial charge in [0, 0.05) is 13.1 Å². The van der Waals surface area contributed by atoms with Gasteiger partial charge < -0.3 is 10.6 Å². The molecule has 1 aromatic heterocycles. The van der Waals surface area contributed by atoms with E-state index in [-0.39, 0.29) is 11.5 Å². The van der Waals surface area contributed by atoms with Crippen LogP contribution in [0.3, 0.4) is 0 Å². The van der Waals surface area contributed by atoms with E-state index in [1.54, 1.807) is 0 Å². The van der Waals surface area contributed by atoms with E-state index < -0.39 is 4.92 Å². The molecule has 1 aliphatic heterocycles. The molecular formula is C15H22N4O2. The summed E-state index contributed by atoms with van der Waals surface area (Å²) in [5.41, 5.74) is 6.24. The Kier molecular flexibility index (Phi) is 3.69. The van der Waals surface area contributed by atoms with Gasteiger partial charge in [-0.2, -0.15) is 0 Å². The van der Waals surface area contributed by atoms with Gasteiger partial charge in [0.05, 0.1) is 17.1 Å². The monoisotopic (exact) mass is 290 g/mol. The molecule has 0 radical (unpaired) electrons. The van der Waals surface area contributed by atoms with Gasteiger partial charge >= 0.3 is 0 Å². The maximum atomic E-state index is 10.9. The molecule has 1 saturated heterocycles. The predicted molar refractivity (Wildman–Crippen MR) is 82.3 cm³/mol. The first-order valence-electron chi connectivity index (χ1n) is 7.75. The number of nitrogen functional groups attached to an aromatic ring is 1. The van der Waals surface area contributed by atoms with Crippen molar-refractivity contribution >= 4 is 17.3 Å². The number of anilines is 2. The summed E-state index contributed by atoms with van der Waals surface area (Å²) < 4.78 is 0. The third-order valence-electron chi connectivity index (χ3n) is 5.09. The zero-order valence-electron chi connectivity index (χ0n) is 12.3. The fraction of sp³-hybridized carbons (Fsp3) is 0.667. The summed E-state index contributed by atoms with van der Waals surface area (Å²) in [6, 6.07) is 2.85. The van der Waals surface area contributed by atoms with Crippen LogP contribution in [0, 0.1) is 15.5 Å². The standard InChI is InChI=1S/C15H22N4O2/c16-13-10-12(19(20)21)11-14(17-13)18-8-6-15(7-9-18)4-2-1-3-5-15/h10-11H,1-9H2,(H2,16,17). The minimum Gasteiger partial charge on any atom is -0.383 e. The molecule has 0 atom stereocenters. The zero-order valence-corrected chi connectivity index (χ0v) is 12.3. The van der Waals surface area contributed by atoms with Crippen molar-refractivity contribution < 1.29 is 4.92 Å². The van der Waals surface area contributed by atoms with Gasteiger partial charge in [0.15, 0.2) is 0 Å². The number of hydrogen-bond acceptors (Lipinski definition) is 5. The summed E-state index contributed by atoms with van der Waals surface area (Å²) in [7, 11) is 0. The molecule has 6 nitrogen and oxygen atoms in total. The summed E-state index contributed by atoms with van der Waals surface area (Å²) in [6.45, 7) is 1.85. The molecule has 3 rings (SSSR count). The van der Waals surface area contributed by atoms with Gasteiger partial charge in [0.1, 0.15) is 11.6 Å². The third kappa shape index (κ3) is 2.94. The minimum absolute atomic E-state index is 0.0236. The van der Waals surface area contributed by atoms with E-state index in [2.05, 4.69) is 9.88 Å². The van der Waals surface area contributed by atoms with Crippen LogP contribution in [0.2, 0.25) is 0 Å². The molecule has 0 bridgehead atoms. The van der Waals surface area contributed by atoms with E-state index >= 15 is 0 Å². The molecule has 1 spiro atoms. The quantitative estimate of drug-likeness (QED) is 0.668. The normalized spacial score (nSPS) is 21.4. The number of nitrogens with zero attached hydrogens (tertiary/aromatic N) is 3. The van der Waals surface area contributed by atoms with Crippen LogP contribution < -0.4 is 10.6 Å². The number of nitro groups is 1. The van der Waals surface area contributed by atoms with Crippen molar-refractivity contribution in [2.45, 2.75) is 44.9 Å². The van der Waals surface area contributed by atoms with Crippen LogP contribution in [0.5, 0.6) is 0 Å². The van der Waals surface area contributed by atoms with Gasteiger partial charge in [-0.3, -0.25) is 10.1 Å². The van der Waals surface area contributed by atoms with Gasteiger partial charge in [-0.1, -0.05) is 19.3 Å². The fourth-order valence-electron chi connectivity index (χ4n) is 3.80. The van der Waals surface area contributed by atoms with Crippen LogP contribution in [-0.2, 0) is 0 Å². The lowest BCUT2D eigenvalue weighted by Gasteiger charge is -2.44. The van der Waals surface area contributed by atoms with Crippen molar-refractivity contribution in [3.63, 3.8) is 0 Å². The van der Waals surface area contributed by atoms with Crippen molar-refractivity contribution in [3.05, 3.63) is 22.2 Å². The van der Waals surface area contributed by atoms with E-state index in [4.69, 9.17) is 5.73 Å². The second-order valence-corrected chi connectivity index (χ2v) is 6.41. The Morgan fingerprint density at radius 1 is 1.14 bits per heavy atom. The van der Waals surface area contributed by atoms with Crippen LogP contribution in [0.15, 0.2) is 12.1 Å². The molecule has 6 heteroatoms. The van der Waals surface area contributed by atoms with Crippen LogP contribution in [0.4, 0.5) is 17.3 Å². The third-order valence-corrected chi connectivity index (χ3v) is 5.09. The van der Waals surface area contributed by atoms with Gasteiger partial charge in [-0.05, 0) is 31.1 Å². The molecule has 2 heterocycles. The van der Waals surface area contributed by atoms with Gasteiger partial charge in [-0.25, -0.2) is 4.98 Å². The lowest BCUT2D eigenvalue weighted by atomic mass is 9.68. The molecule has 1 saturated carbocycles. The number of pyridine rings is 1. The van der Waals surface area contributed by atoms with Gasteiger partial charge in [0.25, 0.3) is 5.69 Å². The summed E-state index contributed by atoms with van der Waals surface area (Å²) in [5, 5.41) is 10.9. The van der Waals surface area contributed by atoms with Gasteiger partial charge in [0.2, 0.25) is 0 Å². The van der Waals surface area contributed by atoms with Crippen LogP contribution >= 0.6 is 0 Å². The highest BCUT2D eigenvalue weighted by atomic mass is 16.6. The number of rotatable bonds is 2. The second-order valence-electron chi connectivity index (χ2n) is 6.41. The summed E-state index contributed by atoms with van der Waals surface area (Å²) in [4.78, 5) is 16.9. The van der Waals surface area contributed by atoms with Crippen molar-refractivity contribution in [1.29, 1.82) is 0 Å². The SMILES string of the molecule is Nc1cc([N+](=O)[O-])cc(N2CCC3(CCCCC3)CC2)n1. The smallest absolute Gasteiger partial charge is 0.276 e. The molecule has 0 aromatic carbocycles. The first-order chi connectivity index (χ1) is 10.1. The minimum atomic E-state index is -0.409. The van der Waals surface area contributed by atoms with Crippen LogP contribution in [-0.4, -0.2) is 23.0 Å². The van der Waals surface area contributed by atoms with Crippen molar-refractivity contribution in [3.8, 4) is 0 Å². The molecule has 2 fully saturated rings. The van der Waals surface area contributed by atoms with E-state index in [0.29, 0.717) is 11.2 Å². The molecule has 1 aliphatic carbocycles. The molecule has 0 amide bonds. The number of piperidine rings is 1. The maximum absolute atomic E-state index is 10.9. The summed E-state index contributed by atoms with van der Waals surface area (Å²) in [5.74, 6) is 0.865. The van der Waals surface area contributed by atoms with Gasteiger partial charge in [-0.15, -0.1) is 0 Å². The van der Waals surface area contributed by atoms with E-state index in [0.717, 1.165) is 25.9 Å². The van der Waals surface area contributed by atoms with Crippen molar-refractivity contribution in [2.75, 3.05) is 23.7 Å². The Labute approximate surface area is 124 Å². The Balaban J connectivity index is 1.73. The lowest BCUT2D eigenvalue weighted by molar-refractivity contribution is -0.384. The number of nitrogens with two attached hydrogens (primary N) is 1. The molecule has 114 valence electrons. The van der Waals surface area contributed by atoms with Crippen LogP contribution in [0.25, 0.3) is 0 Å². The Bertz CT molecular complexity index is 530. The molecule has 2 aliphatic rings.